The molecule has 0 saturated carbocycles. The molecule has 3 heteroatoms. The van der Waals surface area contributed by atoms with Crippen LogP contribution in [0.2, 0.25) is 0 Å². The summed E-state index contributed by atoms with van der Waals surface area (Å²) in [4.78, 5) is 0. The average Bonchev–Trinajstić information content (AvgIpc) is 2.23. The quantitative estimate of drug-likeness (QED) is 0.868. The van der Waals surface area contributed by atoms with E-state index in [0.717, 1.165) is 24.0 Å². The van der Waals surface area contributed by atoms with Gasteiger partial charge in [-0.05, 0) is 43.0 Å². The van der Waals surface area contributed by atoms with Crippen molar-refractivity contribution in [1.29, 1.82) is 0 Å². The smallest absolute Gasteiger partial charge is 0.0381 e. The summed E-state index contributed by atoms with van der Waals surface area (Å²) in [6.07, 6.45) is 1.08. The van der Waals surface area contributed by atoms with E-state index in [0.29, 0.717) is 0 Å². The molecule has 16 heavy (non-hydrogen) atoms. The normalized spacial score (nSPS) is 11.6. The Morgan fingerprint density at radius 2 is 2.06 bits per heavy atom. The number of hydrogen-bond donors (Lipinski definition) is 2. The molecule has 0 aliphatic rings. The zero-order chi connectivity index (χ0) is 12.2. The van der Waals surface area contributed by atoms with E-state index in [9.17, 15) is 0 Å². The summed E-state index contributed by atoms with van der Waals surface area (Å²) in [5.74, 6) is 0. The second-order valence-corrected chi connectivity index (χ2v) is 5.92. The Bertz CT molecular complexity index is 348. The molecule has 0 amide bonds. The molecule has 3 N–H and O–H groups in total. The molecule has 0 spiro atoms. The van der Waals surface area contributed by atoms with E-state index in [-0.39, 0.29) is 5.41 Å². The fourth-order valence-corrected chi connectivity index (χ4v) is 1.78. The van der Waals surface area contributed by atoms with E-state index < -0.39 is 0 Å². The van der Waals surface area contributed by atoms with Crippen molar-refractivity contribution in [2.75, 3.05) is 18.4 Å². The van der Waals surface area contributed by atoms with Crippen LogP contribution in [0.15, 0.2) is 22.7 Å². The first kappa shape index (κ1) is 13.5. The minimum Gasteiger partial charge on any atom is -0.385 e. The minimum absolute atomic E-state index is 0.215. The largest absolute Gasteiger partial charge is 0.385 e. The Labute approximate surface area is 107 Å². The second-order valence-electron chi connectivity index (χ2n) is 5.00. The van der Waals surface area contributed by atoms with Gasteiger partial charge in [-0.2, -0.15) is 0 Å². The maximum Gasteiger partial charge on any atom is 0.0381 e. The number of benzene rings is 1. The Balaban J connectivity index is 2.52. The van der Waals surface area contributed by atoms with Gasteiger partial charge in [0.25, 0.3) is 0 Å². The summed E-state index contributed by atoms with van der Waals surface area (Å²) < 4.78 is 1.11. The van der Waals surface area contributed by atoms with Crippen LogP contribution in [0.5, 0.6) is 0 Å². The van der Waals surface area contributed by atoms with Crippen LogP contribution in [-0.4, -0.2) is 13.1 Å². The number of rotatable bonds is 5. The molecule has 1 rings (SSSR count). The van der Waals surface area contributed by atoms with Crippen molar-refractivity contribution in [3.63, 3.8) is 0 Å². The zero-order valence-electron chi connectivity index (χ0n) is 10.3. The van der Waals surface area contributed by atoms with Gasteiger partial charge in [-0.25, -0.2) is 0 Å². The van der Waals surface area contributed by atoms with Gasteiger partial charge in [0.1, 0.15) is 0 Å². The van der Waals surface area contributed by atoms with Gasteiger partial charge >= 0.3 is 0 Å². The number of hydrogen-bond acceptors (Lipinski definition) is 2. The van der Waals surface area contributed by atoms with Crippen molar-refractivity contribution >= 4 is 21.6 Å². The Kier molecular flexibility index (Phi) is 4.81. The number of halogens is 1. The van der Waals surface area contributed by atoms with Crippen molar-refractivity contribution < 1.29 is 0 Å². The summed E-state index contributed by atoms with van der Waals surface area (Å²) in [7, 11) is 0. The van der Waals surface area contributed by atoms with Gasteiger partial charge in [0.2, 0.25) is 0 Å². The Morgan fingerprint density at radius 1 is 1.38 bits per heavy atom. The molecule has 0 aliphatic heterocycles. The third-order valence-electron chi connectivity index (χ3n) is 2.87. The van der Waals surface area contributed by atoms with Crippen molar-refractivity contribution in [3.8, 4) is 0 Å². The fourth-order valence-electron chi connectivity index (χ4n) is 1.42. The van der Waals surface area contributed by atoms with Gasteiger partial charge in [-0.3, -0.25) is 0 Å². The molecule has 0 saturated heterocycles. The summed E-state index contributed by atoms with van der Waals surface area (Å²) in [6.45, 7) is 8.20. The van der Waals surface area contributed by atoms with Crippen LogP contribution in [0.25, 0.3) is 0 Å². The van der Waals surface area contributed by atoms with Gasteiger partial charge < -0.3 is 11.1 Å². The highest BCUT2D eigenvalue weighted by Crippen LogP contribution is 2.22. The van der Waals surface area contributed by atoms with Crippen LogP contribution < -0.4 is 11.1 Å². The highest BCUT2D eigenvalue weighted by molar-refractivity contribution is 9.10. The molecule has 1 aromatic carbocycles. The maximum atomic E-state index is 5.70. The van der Waals surface area contributed by atoms with Gasteiger partial charge in [-0.15, -0.1) is 0 Å². The third-order valence-corrected chi connectivity index (χ3v) is 3.36. The molecule has 0 aliphatic carbocycles. The number of nitrogens with two attached hydrogens (primary N) is 1. The highest BCUT2D eigenvalue weighted by Gasteiger charge is 2.14. The number of aryl methyl sites for hydroxylation is 1. The van der Waals surface area contributed by atoms with Crippen LogP contribution in [0.4, 0.5) is 5.69 Å². The molecule has 90 valence electrons. The number of nitrogens with one attached hydrogen (secondary N) is 1. The SMILES string of the molecule is Cc1ccc(Br)cc1NCCC(C)(C)CN. The van der Waals surface area contributed by atoms with Crippen LogP contribution in [-0.2, 0) is 0 Å². The van der Waals surface area contributed by atoms with Crippen molar-refractivity contribution in [1.82, 2.24) is 0 Å². The van der Waals surface area contributed by atoms with Crippen molar-refractivity contribution in [2.45, 2.75) is 27.2 Å². The second kappa shape index (κ2) is 5.69. The lowest BCUT2D eigenvalue weighted by atomic mass is 9.90. The molecule has 0 heterocycles. The molecule has 0 fully saturated rings. The van der Waals surface area contributed by atoms with Crippen LogP contribution in [0.1, 0.15) is 25.8 Å². The van der Waals surface area contributed by atoms with E-state index >= 15 is 0 Å². The van der Waals surface area contributed by atoms with Gasteiger partial charge in [0.05, 0.1) is 0 Å². The molecule has 0 radical (unpaired) electrons. The molecule has 2 nitrogen and oxygen atoms in total. The van der Waals surface area contributed by atoms with Crippen molar-refractivity contribution in [2.24, 2.45) is 11.1 Å². The van der Waals surface area contributed by atoms with Crippen LogP contribution in [0.3, 0.4) is 0 Å². The molecule has 0 atom stereocenters. The fraction of sp³-hybridized carbons (Fsp3) is 0.538. The van der Waals surface area contributed by atoms with Crippen LogP contribution >= 0.6 is 15.9 Å². The lowest BCUT2D eigenvalue weighted by Gasteiger charge is -2.22. The average molecular weight is 285 g/mol. The number of anilines is 1. The maximum absolute atomic E-state index is 5.70. The predicted molar refractivity (Wildman–Crippen MR) is 74.8 cm³/mol. The Morgan fingerprint density at radius 3 is 2.69 bits per heavy atom. The molecular weight excluding hydrogens is 264 g/mol. The lowest BCUT2D eigenvalue weighted by Crippen LogP contribution is -2.26. The first-order valence-corrected chi connectivity index (χ1v) is 6.44. The monoisotopic (exact) mass is 284 g/mol. The summed E-state index contributed by atoms with van der Waals surface area (Å²) in [5.41, 5.74) is 8.39. The molecule has 0 bridgehead atoms. The minimum atomic E-state index is 0.215. The first-order valence-electron chi connectivity index (χ1n) is 5.65. The van der Waals surface area contributed by atoms with Gasteiger partial charge in [0.15, 0.2) is 0 Å². The van der Waals surface area contributed by atoms with Gasteiger partial charge in [-0.1, -0.05) is 35.8 Å². The van der Waals surface area contributed by atoms with E-state index in [4.69, 9.17) is 5.73 Å². The Hall–Kier alpha value is -0.540. The van der Waals surface area contributed by atoms with E-state index in [1.807, 2.05) is 0 Å². The topological polar surface area (TPSA) is 38.0 Å². The highest BCUT2D eigenvalue weighted by atomic mass is 79.9. The third kappa shape index (κ3) is 4.14. The molecule has 0 unspecified atom stereocenters. The van der Waals surface area contributed by atoms with E-state index in [1.165, 1.54) is 11.3 Å². The molecule has 0 aromatic heterocycles. The van der Waals surface area contributed by atoms with Crippen LogP contribution in [0, 0.1) is 12.3 Å². The zero-order valence-corrected chi connectivity index (χ0v) is 11.9. The van der Waals surface area contributed by atoms with E-state index in [2.05, 4.69) is 60.2 Å². The standard InChI is InChI=1S/C13H21BrN2/c1-10-4-5-11(14)8-12(10)16-7-6-13(2,3)9-15/h4-5,8,16H,6-7,9,15H2,1-3H3. The molecule has 1 aromatic rings. The van der Waals surface area contributed by atoms with Gasteiger partial charge in [0, 0.05) is 16.7 Å². The molecular formula is C13H21BrN2. The van der Waals surface area contributed by atoms with Crippen molar-refractivity contribution in [3.05, 3.63) is 28.2 Å². The first-order chi connectivity index (χ1) is 7.44. The summed E-state index contributed by atoms with van der Waals surface area (Å²) >= 11 is 3.48. The predicted octanol–water partition coefficient (Wildman–Crippen LogP) is 3.54. The lowest BCUT2D eigenvalue weighted by molar-refractivity contribution is 0.358. The summed E-state index contributed by atoms with van der Waals surface area (Å²) in [5, 5.41) is 3.46. The van der Waals surface area contributed by atoms with E-state index in [1.54, 1.807) is 0 Å². The summed E-state index contributed by atoms with van der Waals surface area (Å²) in [6, 6.07) is 6.29.